The van der Waals surface area contributed by atoms with Gasteiger partial charge in [-0.25, -0.2) is 4.98 Å². The third-order valence-electron chi connectivity index (χ3n) is 2.24. The molecule has 1 aromatic heterocycles. The zero-order chi connectivity index (χ0) is 11.0. The fourth-order valence-electron chi connectivity index (χ4n) is 1.53. The van der Waals surface area contributed by atoms with Gasteiger partial charge in [0.15, 0.2) is 0 Å². The van der Waals surface area contributed by atoms with Crippen LogP contribution < -0.4 is 4.90 Å². The Balaban J connectivity index is 2.34. The van der Waals surface area contributed by atoms with Gasteiger partial charge in [0.1, 0.15) is 16.4 Å². The van der Waals surface area contributed by atoms with Gasteiger partial charge in [-0.15, -0.1) is 0 Å². The monoisotopic (exact) mass is 246 g/mol. The molecule has 1 aliphatic heterocycles. The topological polar surface area (TPSA) is 53.4 Å². The van der Waals surface area contributed by atoms with Crippen LogP contribution >= 0.6 is 23.2 Å². The highest BCUT2D eigenvalue weighted by atomic mass is 35.5. The maximum Gasteiger partial charge on any atom is 0.255 e. The van der Waals surface area contributed by atoms with Gasteiger partial charge in [0.25, 0.3) is 5.91 Å². The van der Waals surface area contributed by atoms with Gasteiger partial charge in [0, 0.05) is 18.7 Å². The smallest absolute Gasteiger partial charge is 0.255 e. The number of hydrogen-bond acceptors (Lipinski definition) is 3. The van der Waals surface area contributed by atoms with Gasteiger partial charge in [-0.1, -0.05) is 23.2 Å². The minimum atomic E-state index is -0.921. The SMILES string of the molecule is O=C1C(O)CCN1c1cc(Cl)nc(Cl)c1. The van der Waals surface area contributed by atoms with E-state index in [1.54, 1.807) is 12.1 Å². The molecule has 2 heterocycles. The fourth-order valence-corrected chi connectivity index (χ4v) is 1.98. The Kier molecular flexibility index (Phi) is 2.82. The lowest BCUT2D eigenvalue weighted by atomic mass is 10.3. The summed E-state index contributed by atoms with van der Waals surface area (Å²) in [5.41, 5.74) is 0.571. The average Bonchev–Trinajstić information content (AvgIpc) is 2.46. The van der Waals surface area contributed by atoms with Crippen LogP contribution in [-0.4, -0.2) is 28.6 Å². The minimum absolute atomic E-state index is 0.228. The number of amides is 1. The molecule has 15 heavy (non-hydrogen) atoms. The molecular weight excluding hydrogens is 239 g/mol. The minimum Gasteiger partial charge on any atom is -0.383 e. The second kappa shape index (κ2) is 3.96. The van der Waals surface area contributed by atoms with Crippen molar-refractivity contribution in [3.63, 3.8) is 0 Å². The number of nitrogens with zero attached hydrogens (tertiary/aromatic N) is 2. The summed E-state index contributed by atoms with van der Waals surface area (Å²) < 4.78 is 0. The number of rotatable bonds is 1. The number of aliphatic hydroxyl groups is 1. The average molecular weight is 247 g/mol. The highest BCUT2D eigenvalue weighted by Gasteiger charge is 2.31. The van der Waals surface area contributed by atoms with Crippen LogP contribution in [0.15, 0.2) is 12.1 Å². The van der Waals surface area contributed by atoms with E-state index >= 15 is 0 Å². The van der Waals surface area contributed by atoms with Crippen molar-refractivity contribution in [1.29, 1.82) is 0 Å². The normalized spacial score (nSPS) is 21.1. The molecular formula is C9H8Cl2N2O2. The molecule has 0 aromatic carbocycles. The first kappa shape index (κ1) is 10.7. The van der Waals surface area contributed by atoms with E-state index in [0.29, 0.717) is 18.7 Å². The van der Waals surface area contributed by atoms with E-state index in [0.717, 1.165) is 0 Å². The van der Waals surface area contributed by atoms with Gasteiger partial charge in [0.05, 0.1) is 0 Å². The van der Waals surface area contributed by atoms with Crippen molar-refractivity contribution < 1.29 is 9.90 Å². The van der Waals surface area contributed by atoms with Crippen molar-refractivity contribution in [2.75, 3.05) is 11.4 Å². The first-order valence-corrected chi connectivity index (χ1v) is 5.16. The van der Waals surface area contributed by atoms with Gasteiger partial charge in [0.2, 0.25) is 0 Å². The molecule has 1 amide bonds. The predicted molar refractivity (Wildman–Crippen MR) is 57.2 cm³/mol. The fraction of sp³-hybridized carbons (Fsp3) is 0.333. The first-order chi connectivity index (χ1) is 7.08. The molecule has 1 fully saturated rings. The summed E-state index contributed by atoms with van der Waals surface area (Å²) in [6, 6.07) is 3.09. The molecule has 1 saturated heterocycles. The predicted octanol–water partition coefficient (Wildman–Crippen LogP) is 1.49. The molecule has 1 aromatic rings. The van der Waals surface area contributed by atoms with E-state index in [1.165, 1.54) is 4.90 Å². The zero-order valence-electron chi connectivity index (χ0n) is 7.65. The summed E-state index contributed by atoms with van der Waals surface area (Å²) in [6.45, 7) is 0.469. The Bertz CT molecular complexity index is 391. The molecule has 2 rings (SSSR count). The van der Waals surface area contributed by atoms with Crippen LogP contribution in [0.25, 0.3) is 0 Å². The molecule has 0 aliphatic carbocycles. The highest BCUT2D eigenvalue weighted by Crippen LogP contribution is 2.26. The van der Waals surface area contributed by atoms with Crippen LogP contribution in [0.5, 0.6) is 0 Å². The molecule has 1 N–H and O–H groups in total. The third kappa shape index (κ3) is 2.07. The number of pyridine rings is 1. The Morgan fingerprint density at radius 3 is 2.47 bits per heavy atom. The Morgan fingerprint density at radius 2 is 2.00 bits per heavy atom. The van der Waals surface area contributed by atoms with Gasteiger partial charge in [-0.05, 0) is 12.1 Å². The molecule has 1 aliphatic rings. The number of carbonyl (C=O) groups excluding carboxylic acids is 1. The third-order valence-corrected chi connectivity index (χ3v) is 2.62. The summed E-state index contributed by atoms with van der Waals surface area (Å²) in [5.74, 6) is -0.326. The largest absolute Gasteiger partial charge is 0.383 e. The number of carbonyl (C=O) groups is 1. The second-order valence-corrected chi connectivity index (χ2v) is 4.04. The van der Waals surface area contributed by atoms with E-state index in [9.17, 15) is 9.90 Å². The van der Waals surface area contributed by atoms with Crippen molar-refractivity contribution in [3.8, 4) is 0 Å². The Hall–Kier alpha value is -0.840. The molecule has 1 unspecified atom stereocenters. The van der Waals surface area contributed by atoms with Crippen molar-refractivity contribution >= 4 is 34.8 Å². The van der Waals surface area contributed by atoms with Gasteiger partial charge >= 0.3 is 0 Å². The number of hydrogen-bond donors (Lipinski definition) is 1. The lowest BCUT2D eigenvalue weighted by Crippen LogP contribution is -2.29. The molecule has 1 atom stereocenters. The quantitative estimate of drug-likeness (QED) is 0.765. The van der Waals surface area contributed by atoms with Crippen molar-refractivity contribution in [2.24, 2.45) is 0 Å². The molecule has 0 spiro atoms. The molecule has 6 heteroatoms. The van der Waals surface area contributed by atoms with Crippen molar-refractivity contribution in [2.45, 2.75) is 12.5 Å². The molecule has 0 saturated carbocycles. The standard InChI is InChI=1S/C9H8Cl2N2O2/c10-7-3-5(4-8(11)12-7)13-2-1-6(14)9(13)15/h3-4,6,14H,1-2H2. The highest BCUT2D eigenvalue weighted by molar-refractivity contribution is 6.33. The maximum atomic E-state index is 11.5. The number of halogens is 2. The van der Waals surface area contributed by atoms with E-state index in [1.807, 2.05) is 0 Å². The maximum absolute atomic E-state index is 11.5. The van der Waals surface area contributed by atoms with E-state index in [4.69, 9.17) is 23.2 Å². The van der Waals surface area contributed by atoms with E-state index in [-0.39, 0.29) is 16.2 Å². The van der Waals surface area contributed by atoms with Crippen LogP contribution in [0, 0.1) is 0 Å². The van der Waals surface area contributed by atoms with Crippen molar-refractivity contribution in [1.82, 2.24) is 4.98 Å². The Labute approximate surface area is 96.4 Å². The van der Waals surface area contributed by atoms with Crippen LogP contribution in [0.2, 0.25) is 10.3 Å². The summed E-state index contributed by atoms with van der Waals surface area (Å²) in [5, 5.41) is 9.75. The lowest BCUT2D eigenvalue weighted by molar-refractivity contribution is -0.123. The van der Waals surface area contributed by atoms with Crippen LogP contribution in [0.3, 0.4) is 0 Å². The van der Waals surface area contributed by atoms with Gasteiger partial charge < -0.3 is 10.0 Å². The number of aromatic nitrogens is 1. The summed E-state index contributed by atoms with van der Waals surface area (Å²) in [6.07, 6.45) is -0.494. The zero-order valence-corrected chi connectivity index (χ0v) is 9.16. The van der Waals surface area contributed by atoms with Gasteiger partial charge in [-0.2, -0.15) is 0 Å². The molecule has 80 valence electrons. The summed E-state index contributed by atoms with van der Waals surface area (Å²) >= 11 is 11.4. The van der Waals surface area contributed by atoms with Gasteiger partial charge in [-0.3, -0.25) is 4.79 Å². The number of aliphatic hydroxyl groups excluding tert-OH is 1. The summed E-state index contributed by atoms with van der Waals surface area (Å²) in [7, 11) is 0. The molecule has 0 radical (unpaired) electrons. The van der Waals surface area contributed by atoms with Crippen LogP contribution in [0.4, 0.5) is 5.69 Å². The van der Waals surface area contributed by atoms with Crippen LogP contribution in [-0.2, 0) is 4.79 Å². The van der Waals surface area contributed by atoms with Crippen LogP contribution in [0.1, 0.15) is 6.42 Å². The summed E-state index contributed by atoms with van der Waals surface area (Å²) in [4.78, 5) is 16.7. The lowest BCUT2D eigenvalue weighted by Gasteiger charge is -2.15. The second-order valence-electron chi connectivity index (χ2n) is 3.27. The molecule has 0 bridgehead atoms. The van der Waals surface area contributed by atoms with E-state index in [2.05, 4.69) is 4.98 Å². The number of anilines is 1. The first-order valence-electron chi connectivity index (χ1n) is 4.40. The van der Waals surface area contributed by atoms with E-state index < -0.39 is 6.10 Å². The molecule has 4 nitrogen and oxygen atoms in total. The van der Waals surface area contributed by atoms with Crippen molar-refractivity contribution in [3.05, 3.63) is 22.4 Å². The Morgan fingerprint density at radius 1 is 1.40 bits per heavy atom.